The number of rotatable bonds is 4. The summed E-state index contributed by atoms with van der Waals surface area (Å²) in [6.45, 7) is 6.45. The van der Waals surface area contributed by atoms with Crippen molar-refractivity contribution in [1.29, 1.82) is 0 Å². The molecule has 1 unspecified atom stereocenters. The Labute approximate surface area is 131 Å². The lowest BCUT2D eigenvalue weighted by atomic mass is 9.98. The smallest absolute Gasteiger partial charge is 0.129 e. The maximum absolute atomic E-state index is 14.3. The number of hydrogen-bond acceptors (Lipinski definition) is 2. The summed E-state index contributed by atoms with van der Waals surface area (Å²) in [4.78, 5) is 0. The molecule has 1 aromatic carbocycles. The van der Waals surface area contributed by atoms with Crippen molar-refractivity contribution in [3.05, 3.63) is 56.2 Å². The van der Waals surface area contributed by atoms with Gasteiger partial charge in [-0.1, -0.05) is 18.5 Å². The van der Waals surface area contributed by atoms with Gasteiger partial charge in [-0.15, -0.1) is 0 Å². The normalized spacial score (nSPS) is 12.7. The highest BCUT2D eigenvalue weighted by atomic mass is 79.9. The Hall–Kier alpha value is -0.840. The van der Waals surface area contributed by atoms with Crippen LogP contribution in [0.3, 0.4) is 0 Å². The van der Waals surface area contributed by atoms with E-state index in [2.05, 4.69) is 21.2 Å². The number of aryl methyl sites for hydroxylation is 2. The summed E-state index contributed by atoms with van der Waals surface area (Å²) in [6, 6.07) is 4.70. The molecule has 2 aromatic rings. The zero-order chi connectivity index (χ0) is 14.9. The molecular weight excluding hydrogens is 345 g/mol. The second-order valence-electron chi connectivity index (χ2n) is 4.65. The lowest BCUT2D eigenvalue weighted by Gasteiger charge is -2.19. The maximum Gasteiger partial charge on any atom is 0.129 e. The first-order chi connectivity index (χ1) is 9.43. The molecule has 2 rings (SSSR count). The number of furan rings is 1. The van der Waals surface area contributed by atoms with Crippen molar-refractivity contribution in [2.45, 2.75) is 26.8 Å². The van der Waals surface area contributed by atoms with Crippen molar-refractivity contribution < 1.29 is 8.81 Å². The van der Waals surface area contributed by atoms with E-state index in [-0.39, 0.29) is 11.9 Å². The molecule has 1 aromatic heterocycles. The van der Waals surface area contributed by atoms with E-state index in [9.17, 15) is 4.39 Å². The maximum atomic E-state index is 14.3. The average Bonchev–Trinajstić information content (AvgIpc) is 2.70. The Morgan fingerprint density at radius 1 is 1.30 bits per heavy atom. The van der Waals surface area contributed by atoms with E-state index in [1.165, 1.54) is 6.07 Å². The van der Waals surface area contributed by atoms with E-state index in [0.717, 1.165) is 17.1 Å². The second kappa shape index (κ2) is 6.29. The fraction of sp³-hybridized carbons (Fsp3) is 0.333. The zero-order valence-electron chi connectivity index (χ0n) is 11.6. The van der Waals surface area contributed by atoms with Crippen LogP contribution in [0.25, 0.3) is 0 Å². The van der Waals surface area contributed by atoms with Gasteiger partial charge >= 0.3 is 0 Å². The summed E-state index contributed by atoms with van der Waals surface area (Å²) < 4.78 is 20.4. The molecule has 0 amide bonds. The number of nitrogens with one attached hydrogen (secondary N) is 1. The van der Waals surface area contributed by atoms with Gasteiger partial charge in [0.15, 0.2) is 0 Å². The Bertz CT molecular complexity index is 627. The molecule has 108 valence electrons. The molecule has 0 fully saturated rings. The third kappa shape index (κ3) is 3.08. The predicted octanol–water partition coefficient (Wildman–Crippen LogP) is 5.15. The molecule has 0 radical (unpaired) electrons. The van der Waals surface area contributed by atoms with Crippen LogP contribution in [0.5, 0.6) is 0 Å². The quantitative estimate of drug-likeness (QED) is 0.763. The van der Waals surface area contributed by atoms with Crippen LogP contribution in [0, 0.1) is 19.7 Å². The van der Waals surface area contributed by atoms with Gasteiger partial charge < -0.3 is 9.73 Å². The van der Waals surface area contributed by atoms with Crippen molar-refractivity contribution in [3.63, 3.8) is 0 Å². The Kier molecular flexibility index (Phi) is 4.89. The van der Waals surface area contributed by atoms with Crippen LogP contribution in [0.4, 0.5) is 4.39 Å². The Morgan fingerprint density at radius 2 is 2.00 bits per heavy atom. The van der Waals surface area contributed by atoms with Crippen LogP contribution < -0.4 is 5.32 Å². The Morgan fingerprint density at radius 3 is 2.55 bits per heavy atom. The highest BCUT2D eigenvalue weighted by molar-refractivity contribution is 9.10. The molecule has 1 heterocycles. The number of halogens is 3. The minimum atomic E-state index is -0.300. The summed E-state index contributed by atoms with van der Waals surface area (Å²) >= 11 is 9.33. The highest BCUT2D eigenvalue weighted by Gasteiger charge is 2.22. The van der Waals surface area contributed by atoms with Crippen molar-refractivity contribution in [2.75, 3.05) is 6.54 Å². The molecule has 1 atom stereocenters. The van der Waals surface area contributed by atoms with E-state index >= 15 is 0 Å². The van der Waals surface area contributed by atoms with Crippen molar-refractivity contribution in [3.8, 4) is 0 Å². The highest BCUT2D eigenvalue weighted by Crippen LogP contribution is 2.33. The third-order valence-corrected chi connectivity index (χ3v) is 4.35. The van der Waals surface area contributed by atoms with Crippen LogP contribution in [0.2, 0.25) is 5.02 Å². The first-order valence-electron chi connectivity index (χ1n) is 6.38. The molecule has 0 saturated heterocycles. The van der Waals surface area contributed by atoms with Gasteiger partial charge in [0.1, 0.15) is 17.3 Å². The molecule has 0 aliphatic carbocycles. The van der Waals surface area contributed by atoms with Gasteiger partial charge in [-0.25, -0.2) is 4.39 Å². The van der Waals surface area contributed by atoms with Crippen molar-refractivity contribution >= 4 is 27.5 Å². The minimum absolute atomic E-state index is 0.275. The van der Waals surface area contributed by atoms with Gasteiger partial charge in [-0.3, -0.25) is 0 Å². The van der Waals surface area contributed by atoms with Gasteiger partial charge in [0.05, 0.1) is 11.1 Å². The van der Waals surface area contributed by atoms with Gasteiger partial charge in [0.2, 0.25) is 0 Å². The topological polar surface area (TPSA) is 25.2 Å². The van der Waals surface area contributed by atoms with Crippen LogP contribution in [0.15, 0.2) is 27.1 Å². The van der Waals surface area contributed by atoms with E-state index < -0.39 is 0 Å². The first-order valence-corrected chi connectivity index (χ1v) is 7.55. The summed E-state index contributed by atoms with van der Waals surface area (Å²) in [5.74, 6) is 1.29. The van der Waals surface area contributed by atoms with Crippen LogP contribution >= 0.6 is 27.5 Å². The Balaban J connectivity index is 2.54. The van der Waals surface area contributed by atoms with E-state index in [1.54, 1.807) is 6.07 Å². The molecule has 0 aliphatic heterocycles. The lowest BCUT2D eigenvalue weighted by molar-refractivity contribution is 0.492. The van der Waals surface area contributed by atoms with Gasteiger partial charge in [-0.2, -0.15) is 0 Å². The molecule has 5 heteroatoms. The predicted molar refractivity (Wildman–Crippen MR) is 82.8 cm³/mol. The second-order valence-corrected chi connectivity index (χ2v) is 5.91. The fourth-order valence-corrected chi connectivity index (χ4v) is 2.78. The molecule has 0 saturated carbocycles. The molecule has 0 spiro atoms. The third-order valence-electron chi connectivity index (χ3n) is 3.15. The molecule has 1 N–H and O–H groups in total. The van der Waals surface area contributed by atoms with Gasteiger partial charge in [0, 0.05) is 15.6 Å². The molecule has 20 heavy (non-hydrogen) atoms. The lowest BCUT2D eigenvalue weighted by Crippen LogP contribution is -2.23. The van der Waals surface area contributed by atoms with Crippen LogP contribution in [0.1, 0.15) is 35.6 Å². The summed E-state index contributed by atoms with van der Waals surface area (Å²) in [6.07, 6.45) is 0. The van der Waals surface area contributed by atoms with Crippen molar-refractivity contribution in [2.24, 2.45) is 0 Å². The van der Waals surface area contributed by atoms with Crippen LogP contribution in [-0.4, -0.2) is 6.54 Å². The largest absolute Gasteiger partial charge is 0.466 e. The zero-order valence-corrected chi connectivity index (χ0v) is 13.9. The van der Waals surface area contributed by atoms with Gasteiger partial charge in [-0.05, 0) is 54.5 Å². The standard InChI is InChI=1S/C15H16BrClFNO/c1-4-19-15(10-5-8(2)20-9(10)3)11-6-13(17)12(16)7-14(11)18/h5-7,15,19H,4H2,1-3H3. The fourth-order valence-electron chi connectivity index (χ4n) is 2.29. The monoisotopic (exact) mass is 359 g/mol. The summed E-state index contributed by atoms with van der Waals surface area (Å²) in [5, 5.41) is 3.77. The minimum Gasteiger partial charge on any atom is -0.466 e. The summed E-state index contributed by atoms with van der Waals surface area (Å²) in [7, 11) is 0. The SMILES string of the molecule is CCNC(c1cc(Cl)c(Br)cc1F)c1cc(C)oc1C. The number of benzene rings is 1. The number of hydrogen-bond donors (Lipinski definition) is 1. The average molecular weight is 361 g/mol. The molecule has 2 nitrogen and oxygen atoms in total. The molecule has 0 aliphatic rings. The van der Waals surface area contributed by atoms with E-state index in [0.29, 0.717) is 21.6 Å². The van der Waals surface area contributed by atoms with E-state index in [1.807, 2.05) is 26.8 Å². The molecular formula is C15H16BrClFNO. The first kappa shape index (κ1) is 15.5. The van der Waals surface area contributed by atoms with Crippen molar-refractivity contribution in [1.82, 2.24) is 5.32 Å². The van der Waals surface area contributed by atoms with Gasteiger partial charge in [0.25, 0.3) is 0 Å². The van der Waals surface area contributed by atoms with E-state index in [4.69, 9.17) is 16.0 Å². The van der Waals surface area contributed by atoms with Crippen LogP contribution in [-0.2, 0) is 0 Å². The summed E-state index contributed by atoms with van der Waals surface area (Å²) in [5.41, 5.74) is 1.45. The molecule has 0 bridgehead atoms.